The lowest BCUT2D eigenvalue weighted by Gasteiger charge is -1.98. The van der Waals surface area contributed by atoms with Gasteiger partial charge in [0.25, 0.3) is 11.1 Å². The Hall–Kier alpha value is -2.63. The smallest absolute Gasteiger partial charge is 0.275 e. The number of H-pyrrole nitrogens is 2. The quantitative estimate of drug-likeness (QED) is 0.544. The highest BCUT2D eigenvalue weighted by Crippen LogP contribution is 2.33. The van der Waals surface area contributed by atoms with Gasteiger partial charge in [-0.05, 0) is 30.3 Å². The van der Waals surface area contributed by atoms with E-state index in [2.05, 4.69) is 15.0 Å². The van der Waals surface area contributed by atoms with Gasteiger partial charge >= 0.3 is 0 Å². The van der Waals surface area contributed by atoms with E-state index in [-0.39, 0.29) is 11.1 Å². The van der Waals surface area contributed by atoms with Crippen LogP contribution >= 0.6 is 23.2 Å². The molecule has 0 unspecified atom stereocenters. The molecule has 3 aromatic heterocycles. The van der Waals surface area contributed by atoms with Gasteiger partial charge in [-0.15, -0.1) is 0 Å². The summed E-state index contributed by atoms with van der Waals surface area (Å²) in [6.07, 6.45) is 1.58. The fourth-order valence-electron chi connectivity index (χ4n) is 2.75. The van der Waals surface area contributed by atoms with Crippen LogP contribution in [0.25, 0.3) is 33.1 Å². The van der Waals surface area contributed by atoms with Gasteiger partial charge in [-0.25, -0.2) is 0 Å². The molecule has 24 heavy (non-hydrogen) atoms. The molecule has 4 aromatic rings. The van der Waals surface area contributed by atoms with Crippen molar-refractivity contribution >= 4 is 45.0 Å². The largest absolute Gasteiger partial charge is 0.350 e. The molecule has 4 rings (SSSR count). The standard InChI is InChI=1S/C17H9Cl2N3O2/c18-8-5-11(19)14-10-7-9(12-3-1-2-4-20-12)16(23)22-17(24)15(10)21-13(14)6-8/h1-7,21H,(H,22,23,24). The maximum absolute atomic E-state index is 12.4. The van der Waals surface area contributed by atoms with Gasteiger partial charge in [-0.1, -0.05) is 29.3 Å². The zero-order valence-corrected chi connectivity index (χ0v) is 13.6. The normalized spacial score (nSPS) is 11.2. The molecule has 118 valence electrons. The van der Waals surface area contributed by atoms with Crippen molar-refractivity contribution in [1.29, 1.82) is 0 Å². The second kappa shape index (κ2) is 5.47. The van der Waals surface area contributed by atoms with Crippen LogP contribution in [0.4, 0.5) is 0 Å². The average Bonchev–Trinajstić information content (AvgIpc) is 2.86. The van der Waals surface area contributed by atoms with Gasteiger partial charge in [0.05, 0.1) is 16.3 Å². The maximum atomic E-state index is 12.4. The van der Waals surface area contributed by atoms with Gasteiger partial charge in [0, 0.05) is 27.5 Å². The van der Waals surface area contributed by atoms with Crippen LogP contribution in [0.15, 0.2) is 52.2 Å². The number of rotatable bonds is 1. The fraction of sp³-hybridized carbons (Fsp3) is 0. The number of aromatic amines is 2. The molecule has 0 amide bonds. The van der Waals surface area contributed by atoms with Gasteiger partial charge in [0.1, 0.15) is 5.52 Å². The molecule has 5 nitrogen and oxygen atoms in total. The Morgan fingerprint density at radius 3 is 2.54 bits per heavy atom. The molecule has 0 saturated heterocycles. The summed E-state index contributed by atoms with van der Waals surface area (Å²) in [5.41, 5.74) is 0.596. The van der Waals surface area contributed by atoms with E-state index in [9.17, 15) is 9.59 Å². The minimum absolute atomic E-state index is 0.258. The maximum Gasteiger partial charge on any atom is 0.275 e. The Morgan fingerprint density at radius 1 is 0.958 bits per heavy atom. The Morgan fingerprint density at radius 2 is 1.79 bits per heavy atom. The molecule has 1 aromatic carbocycles. The lowest BCUT2D eigenvalue weighted by molar-refractivity contribution is 1.19. The molecule has 0 aliphatic rings. The monoisotopic (exact) mass is 357 g/mol. The Kier molecular flexibility index (Phi) is 3.40. The van der Waals surface area contributed by atoms with Crippen LogP contribution in [0.3, 0.4) is 0 Å². The molecule has 0 aliphatic carbocycles. The number of hydrogen-bond acceptors (Lipinski definition) is 3. The first-order valence-electron chi connectivity index (χ1n) is 7.04. The van der Waals surface area contributed by atoms with E-state index in [0.29, 0.717) is 32.0 Å². The van der Waals surface area contributed by atoms with Crippen molar-refractivity contribution in [3.05, 3.63) is 73.3 Å². The number of nitrogens with one attached hydrogen (secondary N) is 2. The summed E-state index contributed by atoms with van der Waals surface area (Å²) in [6.45, 7) is 0. The number of nitrogens with zero attached hydrogens (tertiary/aromatic N) is 1. The third-order valence-corrected chi connectivity index (χ3v) is 4.30. The zero-order valence-electron chi connectivity index (χ0n) is 12.1. The molecule has 0 bridgehead atoms. The first-order valence-corrected chi connectivity index (χ1v) is 7.79. The number of benzene rings is 1. The summed E-state index contributed by atoms with van der Waals surface area (Å²) < 4.78 is 0. The highest BCUT2D eigenvalue weighted by atomic mass is 35.5. The third-order valence-electron chi connectivity index (χ3n) is 3.78. The first-order chi connectivity index (χ1) is 11.5. The zero-order chi connectivity index (χ0) is 16.8. The predicted octanol–water partition coefficient (Wildman–Crippen LogP) is 3.74. The summed E-state index contributed by atoms with van der Waals surface area (Å²) in [6, 6.07) is 10.1. The molecule has 0 spiro atoms. The van der Waals surface area contributed by atoms with E-state index >= 15 is 0 Å². The van der Waals surface area contributed by atoms with Crippen LogP contribution in [0.5, 0.6) is 0 Å². The highest BCUT2D eigenvalue weighted by Gasteiger charge is 2.14. The van der Waals surface area contributed by atoms with Crippen LogP contribution in [-0.2, 0) is 0 Å². The van der Waals surface area contributed by atoms with Crippen molar-refractivity contribution in [3.63, 3.8) is 0 Å². The summed E-state index contributed by atoms with van der Waals surface area (Å²) in [7, 11) is 0. The van der Waals surface area contributed by atoms with E-state index in [1.165, 1.54) is 0 Å². The highest BCUT2D eigenvalue weighted by molar-refractivity contribution is 6.40. The van der Waals surface area contributed by atoms with Crippen molar-refractivity contribution in [3.8, 4) is 11.3 Å². The molecule has 0 atom stereocenters. The van der Waals surface area contributed by atoms with Gasteiger partial charge in [0.15, 0.2) is 0 Å². The van der Waals surface area contributed by atoms with E-state index in [4.69, 9.17) is 23.2 Å². The summed E-state index contributed by atoms with van der Waals surface area (Å²) in [4.78, 5) is 34.2. The molecule has 0 saturated carbocycles. The minimum atomic E-state index is -0.527. The minimum Gasteiger partial charge on any atom is -0.350 e. The third kappa shape index (κ3) is 2.29. The average molecular weight is 358 g/mol. The number of hydrogen-bond donors (Lipinski definition) is 2. The lowest BCUT2D eigenvalue weighted by atomic mass is 10.1. The Balaban J connectivity index is 2.24. The van der Waals surface area contributed by atoms with E-state index in [1.54, 1.807) is 42.6 Å². The number of aromatic nitrogens is 3. The molecule has 0 aliphatic heterocycles. The molecule has 0 radical (unpaired) electrons. The second-order valence-corrected chi connectivity index (χ2v) is 6.12. The number of fused-ring (bicyclic) bond motifs is 3. The second-order valence-electron chi connectivity index (χ2n) is 5.28. The molecule has 3 heterocycles. The molecular formula is C17H9Cl2N3O2. The lowest BCUT2D eigenvalue weighted by Crippen LogP contribution is -2.15. The van der Waals surface area contributed by atoms with Gasteiger partial charge in [0.2, 0.25) is 0 Å². The molecule has 7 heteroatoms. The van der Waals surface area contributed by atoms with Crippen LogP contribution < -0.4 is 11.1 Å². The number of halogens is 2. The van der Waals surface area contributed by atoms with Crippen LogP contribution in [0.2, 0.25) is 10.0 Å². The van der Waals surface area contributed by atoms with Gasteiger partial charge in [-0.3, -0.25) is 19.6 Å². The molecule has 2 N–H and O–H groups in total. The summed E-state index contributed by atoms with van der Waals surface area (Å²) in [5.74, 6) is 0. The van der Waals surface area contributed by atoms with Crippen molar-refractivity contribution in [2.24, 2.45) is 0 Å². The summed E-state index contributed by atoms with van der Waals surface area (Å²) >= 11 is 12.3. The van der Waals surface area contributed by atoms with Crippen LogP contribution in [0, 0.1) is 0 Å². The molecular weight excluding hydrogens is 349 g/mol. The van der Waals surface area contributed by atoms with Gasteiger partial charge in [-0.2, -0.15) is 0 Å². The summed E-state index contributed by atoms with van der Waals surface area (Å²) in [5, 5.41) is 2.02. The predicted molar refractivity (Wildman–Crippen MR) is 95.9 cm³/mol. The van der Waals surface area contributed by atoms with Crippen molar-refractivity contribution in [2.45, 2.75) is 0 Å². The van der Waals surface area contributed by atoms with Crippen molar-refractivity contribution in [1.82, 2.24) is 15.0 Å². The van der Waals surface area contributed by atoms with E-state index in [0.717, 1.165) is 0 Å². The molecule has 0 fully saturated rings. The van der Waals surface area contributed by atoms with Crippen LogP contribution in [0.1, 0.15) is 0 Å². The fourth-order valence-corrected chi connectivity index (χ4v) is 3.35. The topological polar surface area (TPSA) is 78.6 Å². The van der Waals surface area contributed by atoms with Crippen LogP contribution in [-0.4, -0.2) is 15.0 Å². The van der Waals surface area contributed by atoms with Crippen molar-refractivity contribution < 1.29 is 0 Å². The first kappa shape index (κ1) is 14.9. The Bertz CT molecular complexity index is 1210. The van der Waals surface area contributed by atoms with Gasteiger partial charge < -0.3 is 4.98 Å². The van der Waals surface area contributed by atoms with E-state index in [1.807, 2.05) is 0 Å². The Labute approximate surface area is 144 Å². The SMILES string of the molecule is O=c1[nH]c(=O)c2[nH]c3cc(Cl)cc(Cl)c3c2cc1-c1ccccn1. The number of pyridine rings is 1. The van der Waals surface area contributed by atoms with E-state index < -0.39 is 11.1 Å². The van der Waals surface area contributed by atoms with Crippen molar-refractivity contribution in [2.75, 3.05) is 0 Å².